The van der Waals surface area contributed by atoms with Gasteiger partial charge in [-0.15, -0.1) is 0 Å². The molecule has 0 aliphatic carbocycles. The molecule has 0 unspecified atom stereocenters. The van der Waals surface area contributed by atoms with Crippen LogP contribution in [0.15, 0.2) is 36.8 Å². The fraction of sp³-hybridized carbons (Fsp3) is 0.481. The predicted molar refractivity (Wildman–Crippen MR) is 151 cm³/mol. The first-order valence-corrected chi connectivity index (χ1v) is 13.3. The number of carbonyl (C=O) groups excluding carboxylic acids is 1. The van der Waals surface area contributed by atoms with Gasteiger partial charge in [-0.2, -0.15) is 4.98 Å². The minimum Gasteiger partial charge on any atom is -0.373 e. The van der Waals surface area contributed by atoms with E-state index in [9.17, 15) is 4.79 Å². The van der Waals surface area contributed by atoms with Crippen LogP contribution in [0.25, 0.3) is 0 Å². The molecule has 3 aromatic rings. The van der Waals surface area contributed by atoms with E-state index in [4.69, 9.17) is 4.98 Å². The number of hydrogen-bond acceptors (Lipinski definition) is 9. The summed E-state index contributed by atoms with van der Waals surface area (Å²) in [7, 11) is 4.03. The molecule has 0 saturated carbocycles. The molecule has 11 nitrogen and oxygen atoms in total. The lowest BCUT2D eigenvalue weighted by Gasteiger charge is -2.35. The number of imidazole rings is 1. The van der Waals surface area contributed by atoms with Crippen LogP contribution in [0.4, 0.5) is 28.8 Å². The number of aromatic amines is 1. The molecule has 1 saturated heterocycles. The molecule has 4 heterocycles. The van der Waals surface area contributed by atoms with Gasteiger partial charge in [0.2, 0.25) is 11.9 Å². The van der Waals surface area contributed by atoms with E-state index in [1.54, 1.807) is 6.33 Å². The Morgan fingerprint density at radius 3 is 2.53 bits per heavy atom. The number of rotatable bonds is 8. The van der Waals surface area contributed by atoms with E-state index in [0.29, 0.717) is 12.5 Å². The van der Waals surface area contributed by atoms with Crippen LogP contribution in [0.3, 0.4) is 0 Å². The second-order valence-electron chi connectivity index (χ2n) is 10.5. The van der Waals surface area contributed by atoms with Crippen molar-refractivity contribution in [3.63, 3.8) is 0 Å². The summed E-state index contributed by atoms with van der Waals surface area (Å²) >= 11 is 0. The largest absolute Gasteiger partial charge is 0.373 e. The van der Waals surface area contributed by atoms with Crippen molar-refractivity contribution in [3.8, 4) is 0 Å². The number of piperazine rings is 1. The van der Waals surface area contributed by atoms with Crippen LogP contribution < -0.4 is 25.3 Å². The smallest absolute Gasteiger partial charge is 0.234 e. The maximum absolute atomic E-state index is 12.1. The van der Waals surface area contributed by atoms with Gasteiger partial charge < -0.3 is 30.3 Å². The summed E-state index contributed by atoms with van der Waals surface area (Å²) in [5, 5.41) is 6.35. The summed E-state index contributed by atoms with van der Waals surface area (Å²) in [5.41, 5.74) is 5.38. The standard InChI is InChI=1S/C27H38N10O/c1-19(2)31-25(38)17-35-11-13-36(14-12-35)21-7-5-20(6-8-21)32-27-28-15-24(34(3)4)26(33-27)37-10-9-22-23(16-37)30-18-29-22/h5-8,15,18-19H,9-14,16-17H2,1-4H3,(H,29,30)(H,31,38)(H,28,32,33). The number of fused-ring (bicyclic) bond motifs is 1. The van der Waals surface area contributed by atoms with Crippen LogP contribution in [-0.2, 0) is 17.8 Å². The van der Waals surface area contributed by atoms with E-state index >= 15 is 0 Å². The van der Waals surface area contributed by atoms with Crippen molar-refractivity contribution in [2.75, 3.05) is 73.4 Å². The van der Waals surface area contributed by atoms with Crippen molar-refractivity contribution in [3.05, 3.63) is 48.2 Å². The number of benzene rings is 1. The van der Waals surface area contributed by atoms with E-state index in [0.717, 1.165) is 74.3 Å². The number of amides is 1. The molecule has 3 N–H and O–H groups in total. The van der Waals surface area contributed by atoms with Crippen molar-refractivity contribution in [2.24, 2.45) is 0 Å². The van der Waals surface area contributed by atoms with Gasteiger partial charge in [0.05, 0.1) is 42.7 Å². The molecule has 0 radical (unpaired) electrons. The summed E-state index contributed by atoms with van der Waals surface area (Å²) in [4.78, 5) is 38.1. The fourth-order valence-electron chi connectivity index (χ4n) is 4.99. The van der Waals surface area contributed by atoms with Gasteiger partial charge in [-0.3, -0.25) is 9.69 Å². The first kappa shape index (κ1) is 25.8. The van der Waals surface area contributed by atoms with Crippen molar-refractivity contribution >= 4 is 34.7 Å². The van der Waals surface area contributed by atoms with Crippen molar-refractivity contribution < 1.29 is 4.79 Å². The zero-order valence-corrected chi connectivity index (χ0v) is 22.7. The Bertz CT molecular complexity index is 1230. The van der Waals surface area contributed by atoms with E-state index in [1.807, 2.05) is 39.0 Å². The van der Waals surface area contributed by atoms with Crippen LogP contribution in [0.5, 0.6) is 0 Å². The number of nitrogens with zero attached hydrogens (tertiary/aromatic N) is 7. The summed E-state index contributed by atoms with van der Waals surface area (Å²) < 4.78 is 0. The molecular weight excluding hydrogens is 480 g/mol. The van der Waals surface area contributed by atoms with Crippen LogP contribution >= 0.6 is 0 Å². The van der Waals surface area contributed by atoms with E-state index in [1.165, 1.54) is 5.69 Å². The SMILES string of the molecule is CC(C)NC(=O)CN1CCN(c2ccc(Nc3ncc(N(C)C)c(N4CCc5nc[nH]c5C4)n3)cc2)CC1. The number of carbonyl (C=O) groups is 1. The lowest BCUT2D eigenvalue weighted by atomic mass is 10.1. The highest BCUT2D eigenvalue weighted by Gasteiger charge is 2.23. The average Bonchev–Trinajstić information content (AvgIpc) is 3.37. The quantitative estimate of drug-likeness (QED) is 0.414. The highest BCUT2D eigenvalue weighted by atomic mass is 16.2. The lowest BCUT2D eigenvalue weighted by Crippen LogP contribution is -2.50. The maximum Gasteiger partial charge on any atom is 0.234 e. The number of aromatic nitrogens is 4. The third kappa shape index (κ3) is 5.99. The summed E-state index contributed by atoms with van der Waals surface area (Å²) in [6, 6.07) is 8.57. The molecule has 11 heteroatoms. The zero-order valence-electron chi connectivity index (χ0n) is 22.7. The van der Waals surface area contributed by atoms with E-state index in [-0.39, 0.29) is 11.9 Å². The van der Waals surface area contributed by atoms with Gasteiger partial charge in [-0.05, 0) is 38.1 Å². The number of anilines is 5. The molecule has 202 valence electrons. The maximum atomic E-state index is 12.1. The molecule has 38 heavy (non-hydrogen) atoms. The topological polar surface area (TPSA) is 109 Å². The lowest BCUT2D eigenvalue weighted by molar-refractivity contribution is -0.122. The van der Waals surface area contributed by atoms with Gasteiger partial charge in [-0.25, -0.2) is 9.97 Å². The third-order valence-corrected chi connectivity index (χ3v) is 6.98. The Labute approximate surface area is 224 Å². The third-order valence-electron chi connectivity index (χ3n) is 6.98. The normalized spacial score (nSPS) is 15.9. The van der Waals surface area contributed by atoms with Crippen LogP contribution in [-0.4, -0.2) is 90.1 Å². The average molecular weight is 519 g/mol. The molecular formula is C27H38N10O. The van der Waals surface area contributed by atoms with Gasteiger partial charge in [0, 0.05) is 70.7 Å². The fourth-order valence-corrected chi connectivity index (χ4v) is 4.99. The number of nitrogens with one attached hydrogen (secondary N) is 3. The first-order chi connectivity index (χ1) is 18.4. The Morgan fingerprint density at radius 2 is 1.82 bits per heavy atom. The monoisotopic (exact) mass is 518 g/mol. The highest BCUT2D eigenvalue weighted by Crippen LogP contribution is 2.31. The van der Waals surface area contributed by atoms with Crippen molar-refractivity contribution in [2.45, 2.75) is 32.9 Å². The van der Waals surface area contributed by atoms with Gasteiger partial charge >= 0.3 is 0 Å². The predicted octanol–water partition coefficient (Wildman–Crippen LogP) is 2.22. The minimum atomic E-state index is 0.0965. The van der Waals surface area contributed by atoms with Crippen LogP contribution in [0.1, 0.15) is 25.2 Å². The van der Waals surface area contributed by atoms with E-state index < -0.39 is 0 Å². The molecule has 2 aliphatic rings. The second-order valence-corrected chi connectivity index (χ2v) is 10.5. The number of hydrogen-bond donors (Lipinski definition) is 3. The summed E-state index contributed by atoms with van der Waals surface area (Å²) in [5.74, 6) is 1.57. The molecule has 0 atom stereocenters. The second kappa shape index (κ2) is 11.3. The summed E-state index contributed by atoms with van der Waals surface area (Å²) in [6.07, 6.45) is 4.53. The highest BCUT2D eigenvalue weighted by molar-refractivity contribution is 5.78. The van der Waals surface area contributed by atoms with Gasteiger partial charge in [0.25, 0.3) is 0 Å². The van der Waals surface area contributed by atoms with Gasteiger partial charge in [0.15, 0.2) is 5.82 Å². The molecule has 5 rings (SSSR count). The van der Waals surface area contributed by atoms with Crippen molar-refractivity contribution in [1.29, 1.82) is 0 Å². The Hall–Kier alpha value is -3.86. The Morgan fingerprint density at radius 1 is 1.05 bits per heavy atom. The van der Waals surface area contributed by atoms with E-state index in [2.05, 4.69) is 64.6 Å². The van der Waals surface area contributed by atoms with Gasteiger partial charge in [-0.1, -0.05) is 0 Å². The van der Waals surface area contributed by atoms with Crippen LogP contribution in [0, 0.1) is 0 Å². The molecule has 1 amide bonds. The first-order valence-electron chi connectivity index (χ1n) is 13.3. The molecule has 0 spiro atoms. The molecule has 1 fully saturated rings. The molecule has 2 aromatic heterocycles. The van der Waals surface area contributed by atoms with Crippen molar-refractivity contribution in [1.82, 2.24) is 30.2 Å². The minimum absolute atomic E-state index is 0.0965. The molecule has 0 bridgehead atoms. The Balaban J connectivity index is 1.21. The van der Waals surface area contributed by atoms with Crippen LogP contribution in [0.2, 0.25) is 0 Å². The Kier molecular flexibility index (Phi) is 7.64. The zero-order chi connectivity index (χ0) is 26.6. The summed E-state index contributed by atoms with van der Waals surface area (Å²) in [6.45, 7) is 9.59. The number of H-pyrrole nitrogens is 1. The van der Waals surface area contributed by atoms with Gasteiger partial charge in [0.1, 0.15) is 0 Å². The molecule has 2 aliphatic heterocycles. The molecule has 1 aromatic carbocycles.